The van der Waals surface area contributed by atoms with Gasteiger partial charge < -0.3 is 15.0 Å². The molecule has 1 N–H and O–H groups in total. The van der Waals surface area contributed by atoms with Gasteiger partial charge in [0.1, 0.15) is 0 Å². The first kappa shape index (κ1) is 16.3. The Bertz CT molecular complexity index is 443. The number of nitrogens with zero attached hydrogens (tertiary/aromatic N) is 3. The fourth-order valence-corrected chi connectivity index (χ4v) is 3.47. The molecular weight excluding hydrogens is 264 g/mol. The molecule has 0 amide bonds. The lowest BCUT2D eigenvalue weighted by atomic mass is 9.94. The molecule has 0 spiro atoms. The third-order valence-corrected chi connectivity index (χ3v) is 4.64. The highest BCUT2D eigenvalue weighted by Crippen LogP contribution is 2.41. The van der Waals surface area contributed by atoms with Gasteiger partial charge in [-0.3, -0.25) is 4.68 Å². The zero-order chi connectivity index (χ0) is 15.4. The normalized spacial score (nSPS) is 23.7. The number of rotatable bonds is 7. The Labute approximate surface area is 128 Å². The third kappa shape index (κ3) is 3.77. The molecule has 0 aromatic carbocycles. The van der Waals surface area contributed by atoms with Crippen molar-refractivity contribution in [3.8, 4) is 5.75 Å². The van der Waals surface area contributed by atoms with Crippen LogP contribution in [-0.2, 0) is 6.54 Å². The molecule has 1 aliphatic carbocycles. The highest BCUT2D eigenvalue weighted by Gasteiger charge is 2.33. The molecule has 2 rings (SSSR count). The average Bonchev–Trinajstić information content (AvgIpc) is 3.05. The number of methoxy groups -OCH3 is 1. The highest BCUT2D eigenvalue weighted by molar-refractivity contribution is 5.29. The predicted molar refractivity (Wildman–Crippen MR) is 85.6 cm³/mol. The Hall–Kier alpha value is -1.07. The fraction of sp³-hybridized carbons (Fsp3) is 0.812. The monoisotopic (exact) mass is 294 g/mol. The zero-order valence-electron chi connectivity index (χ0n) is 14.1. The van der Waals surface area contributed by atoms with Gasteiger partial charge in [0.2, 0.25) is 0 Å². The van der Waals surface area contributed by atoms with E-state index in [9.17, 15) is 0 Å². The summed E-state index contributed by atoms with van der Waals surface area (Å²) >= 11 is 0. The molecule has 1 heterocycles. The minimum Gasteiger partial charge on any atom is -0.493 e. The van der Waals surface area contributed by atoms with E-state index >= 15 is 0 Å². The number of ether oxygens (including phenoxy) is 1. The lowest BCUT2D eigenvalue weighted by molar-refractivity contribution is 0.320. The molecule has 120 valence electrons. The molecule has 1 aliphatic rings. The second-order valence-corrected chi connectivity index (χ2v) is 6.57. The molecule has 1 saturated carbocycles. The van der Waals surface area contributed by atoms with Crippen molar-refractivity contribution in [3.05, 3.63) is 11.9 Å². The largest absolute Gasteiger partial charge is 0.493 e. The Balaban J connectivity index is 2.23. The summed E-state index contributed by atoms with van der Waals surface area (Å²) in [5.74, 6) is 2.41. The van der Waals surface area contributed by atoms with Crippen LogP contribution in [-0.4, -0.2) is 49.5 Å². The van der Waals surface area contributed by atoms with Crippen LogP contribution < -0.4 is 10.1 Å². The molecule has 3 atom stereocenters. The number of aromatic nitrogens is 2. The van der Waals surface area contributed by atoms with Crippen LogP contribution in [0.1, 0.15) is 37.9 Å². The Kier molecular flexibility index (Phi) is 5.65. The molecule has 5 nitrogen and oxygen atoms in total. The van der Waals surface area contributed by atoms with Crippen LogP contribution in [0, 0.1) is 11.8 Å². The molecule has 21 heavy (non-hydrogen) atoms. The first-order valence-electron chi connectivity index (χ1n) is 7.98. The topological polar surface area (TPSA) is 42.3 Å². The first-order chi connectivity index (χ1) is 10.1. The molecule has 0 radical (unpaired) electrons. The van der Waals surface area contributed by atoms with Gasteiger partial charge in [0.15, 0.2) is 5.75 Å². The van der Waals surface area contributed by atoms with Crippen molar-refractivity contribution in [2.45, 2.75) is 38.8 Å². The Morgan fingerprint density at radius 1 is 1.48 bits per heavy atom. The van der Waals surface area contributed by atoms with Crippen molar-refractivity contribution in [1.82, 2.24) is 20.0 Å². The number of hydrogen-bond acceptors (Lipinski definition) is 4. The molecule has 1 aromatic rings. The van der Waals surface area contributed by atoms with Crippen molar-refractivity contribution in [2.24, 2.45) is 11.8 Å². The standard InChI is InChI=1S/C16H30N4O/c1-12-6-7-13(10-12)15(17-2)16-14(21-5)11-18-20(16)9-8-19(3)4/h11-13,15,17H,6-10H2,1-5H3. The second kappa shape index (κ2) is 7.27. The van der Waals surface area contributed by atoms with Crippen molar-refractivity contribution in [3.63, 3.8) is 0 Å². The molecule has 5 heteroatoms. The third-order valence-electron chi connectivity index (χ3n) is 4.64. The summed E-state index contributed by atoms with van der Waals surface area (Å²) in [5.41, 5.74) is 1.21. The molecule has 0 aliphatic heterocycles. The summed E-state index contributed by atoms with van der Waals surface area (Å²) in [6.07, 6.45) is 5.76. The van der Waals surface area contributed by atoms with Crippen LogP contribution in [0.5, 0.6) is 5.75 Å². The quantitative estimate of drug-likeness (QED) is 0.837. The smallest absolute Gasteiger partial charge is 0.161 e. The maximum absolute atomic E-state index is 5.57. The summed E-state index contributed by atoms with van der Waals surface area (Å²) in [6, 6.07) is 0.328. The summed E-state index contributed by atoms with van der Waals surface area (Å²) in [5, 5.41) is 8.06. The van der Waals surface area contributed by atoms with E-state index in [0.717, 1.165) is 24.8 Å². The van der Waals surface area contributed by atoms with Crippen LogP contribution in [0.15, 0.2) is 6.20 Å². The Morgan fingerprint density at radius 3 is 2.76 bits per heavy atom. The van der Waals surface area contributed by atoms with Gasteiger partial charge in [0, 0.05) is 6.54 Å². The number of nitrogens with one attached hydrogen (secondary N) is 1. The van der Waals surface area contributed by atoms with Gasteiger partial charge in [-0.2, -0.15) is 5.10 Å². The van der Waals surface area contributed by atoms with Crippen LogP contribution in [0.2, 0.25) is 0 Å². The van der Waals surface area contributed by atoms with E-state index in [1.807, 2.05) is 6.20 Å². The van der Waals surface area contributed by atoms with Gasteiger partial charge in [-0.05, 0) is 45.8 Å². The first-order valence-corrected chi connectivity index (χ1v) is 7.98. The zero-order valence-corrected chi connectivity index (χ0v) is 14.1. The van der Waals surface area contributed by atoms with E-state index < -0.39 is 0 Å². The van der Waals surface area contributed by atoms with Gasteiger partial charge in [0.25, 0.3) is 0 Å². The summed E-state index contributed by atoms with van der Waals surface area (Å²) in [7, 11) is 7.97. The van der Waals surface area contributed by atoms with Gasteiger partial charge in [-0.1, -0.05) is 13.3 Å². The van der Waals surface area contributed by atoms with Crippen molar-refractivity contribution >= 4 is 0 Å². The van der Waals surface area contributed by atoms with E-state index in [1.165, 1.54) is 25.0 Å². The average molecular weight is 294 g/mol. The van der Waals surface area contributed by atoms with E-state index in [1.54, 1.807) is 7.11 Å². The van der Waals surface area contributed by atoms with E-state index in [4.69, 9.17) is 4.74 Å². The summed E-state index contributed by atoms with van der Waals surface area (Å²) in [4.78, 5) is 2.18. The fourth-order valence-electron chi connectivity index (χ4n) is 3.47. The summed E-state index contributed by atoms with van der Waals surface area (Å²) in [6.45, 7) is 4.23. The second-order valence-electron chi connectivity index (χ2n) is 6.57. The highest BCUT2D eigenvalue weighted by atomic mass is 16.5. The Morgan fingerprint density at radius 2 is 2.24 bits per heavy atom. The molecule has 1 fully saturated rings. The van der Waals surface area contributed by atoms with Crippen LogP contribution in [0.4, 0.5) is 0 Å². The molecule has 0 bridgehead atoms. The minimum atomic E-state index is 0.328. The van der Waals surface area contributed by atoms with Crippen molar-refractivity contribution in [1.29, 1.82) is 0 Å². The van der Waals surface area contributed by atoms with Crippen LogP contribution >= 0.6 is 0 Å². The lowest BCUT2D eigenvalue weighted by Gasteiger charge is -2.25. The van der Waals surface area contributed by atoms with Gasteiger partial charge >= 0.3 is 0 Å². The van der Waals surface area contributed by atoms with Crippen LogP contribution in [0.25, 0.3) is 0 Å². The molecule has 0 saturated heterocycles. The molecule has 1 aromatic heterocycles. The number of hydrogen-bond donors (Lipinski definition) is 1. The van der Waals surface area contributed by atoms with Gasteiger partial charge in [-0.25, -0.2) is 0 Å². The summed E-state index contributed by atoms with van der Waals surface area (Å²) < 4.78 is 7.68. The SMILES string of the molecule is CNC(c1c(OC)cnn1CCN(C)C)C1CCC(C)C1. The molecular formula is C16H30N4O. The maximum Gasteiger partial charge on any atom is 0.161 e. The predicted octanol–water partition coefficient (Wildman–Crippen LogP) is 2.15. The lowest BCUT2D eigenvalue weighted by Crippen LogP contribution is -2.29. The van der Waals surface area contributed by atoms with Gasteiger partial charge in [0.05, 0.1) is 31.6 Å². The van der Waals surface area contributed by atoms with Crippen molar-refractivity contribution < 1.29 is 4.74 Å². The van der Waals surface area contributed by atoms with Crippen molar-refractivity contribution in [2.75, 3.05) is 34.8 Å². The number of likely N-dealkylation sites (N-methyl/N-ethyl adjacent to an activating group) is 1. The van der Waals surface area contributed by atoms with Gasteiger partial charge in [-0.15, -0.1) is 0 Å². The van der Waals surface area contributed by atoms with E-state index in [0.29, 0.717) is 12.0 Å². The minimum absolute atomic E-state index is 0.328. The maximum atomic E-state index is 5.57. The van der Waals surface area contributed by atoms with E-state index in [-0.39, 0.29) is 0 Å². The van der Waals surface area contributed by atoms with Crippen LogP contribution in [0.3, 0.4) is 0 Å². The van der Waals surface area contributed by atoms with E-state index in [2.05, 4.69) is 48.1 Å². The molecule has 3 unspecified atom stereocenters.